The number of ketones is 1. The average molecular weight is 742 g/mol. The number of hydrogen-bond donors (Lipinski definition) is 3. The number of nitrogens with one attached hydrogen (secondary N) is 2. The molecule has 0 spiro atoms. The molecule has 1 aliphatic rings. The summed E-state index contributed by atoms with van der Waals surface area (Å²) < 4.78 is 12.9. The molecule has 4 atom stereocenters. The minimum atomic E-state index is -1.78. The molecule has 4 aromatic carbocycles. The summed E-state index contributed by atoms with van der Waals surface area (Å²) in [5.41, 5.74) is 5.50. The lowest BCUT2D eigenvalue weighted by Gasteiger charge is -2.44. The maximum atomic E-state index is 14.4. The van der Waals surface area contributed by atoms with Crippen molar-refractivity contribution in [1.82, 2.24) is 0 Å². The van der Waals surface area contributed by atoms with Crippen LogP contribution in [0.15, 0.2) is 77.3 Å². The summed E-state index contributed by atoms with van der Waals surface area (Å²) >= 11 is 3.67. The van der Waals surface area contributed by atoms with Crippen LogP contribution < -0.4 is 20.1 Å². The molecule has 0 saturated heterocycles. The van der Waals surface area contributed by atoms with Gasteiger partial charge in [-0.25, -0.2) is 0 Å². The van der Waals surface area contributed by atoms with Crippen molar-refractivity contribution in [2.75, 3.05) is 17.2 Å². The number of aryl methyl sites for hydroxylation is 5. The van der Waals surface area contributed by atoms with Gasteiger partial charge in [-0.1, -0.05) is 54.1 Å². The van der Waals surface area contributed by atoms with Crippen LogP contribution in [-0.2, 0) is 21.0 Å². The second-order valence-corrected chi connectivity index (χ2v) is 14.5. The van der Waals surface area contributed by atoms with Crippen LogP contribution >= 0.6 is 15.9 Å². The smallest absolute Gasteiger partial charge is 0.235 e. The number of hydrogen-bond acceptors (Lipinski definition) is 6. The van der Waals surface area contributed by atoms with Crippen molar-refractivity contribution in [2.24, 2.45) is 11.8 Å². The van der Waals surface area contributed by atoms with Gasteiger partial charge in [-0.3, -0.25) is 14.4 Å². The van der Waals surface area contributed by atoms with E-state index in [0.29, 0.717) is 39.5 Å². The molecule has 50 heavy (non-hydrogen) atoms. The number of carbonyl (C=O) groups excluding carboxylic acids is 3. The molecule has 1 fully saturated rings. The van der Waals surface area contributed by atoms with E-state index in [1.807, 2.05) is 102 Å². The first kappa shape index (κ1) is 36.8. The third kappa shape index (κ3) is 8.11. The molecule has 0 bridgehead atoms. The highest BCUT2D eigenvalue weighted by molar-refractivity contribution is 9.10. The fraction of sp³-hybridized carbons (Fsp3) is 0.341. The molecule has 1 saturated carbocycles. The molecular formula is C41H45BrN2O6. The summed E-state index contributed by atoms with van der Waals surface area (Å²) in [6.07, 6.45) is -0.379. The van der Waals surface area contributed by atoms with Gasteiger partial charge in [0.05, 0.1) is 22.6 Å². The summed E-state index contributed by atoms with van der Waals surface area (Å²) in [7, 11) is 0. The van der Waals surface area contributed by atoms with E-state index in [9.17, 15) is 19.5 Å². The molecule has 0 radical (unpaired) electrons. The molecule has 3 N–H and O–H groups in total. The van der Waals surface area contributed by atoms with Gasteiger partial charge in [0.2, 0.25) is 11.8 Å². The normalized spacial score (nSPS) is 20.3. The zero-order chi connectivity index (χ0) is 36.3. The monoisotopic (exact) mass is 740 g/mol. The van der Waals surface area contributed by atoms with Gasteiger partial charge in [0.1, 0.15) is 18.3 Å². The van der Waals surface area contributed by atoms with Crippen molar-refractivity contribution in [3.05, 3.63) is 116 Å². The van der Waals surface area contributed by atoms with Crippen molar-refractivity contribution >= 4 is 44.9 Å². The minimum Gasteiger partial charge on any atom is -0.490 e. The highest BCUT2D eigenvalue weighted by atomic mass is 79.9. The summed E-state index contributed by atoms with van der Waals surface area (Å²) in [4.78, 5) is 42.8. The molecule has 4 unspecified atom stereocenters. The Morgan fingerprint density at radius 3 is 2.04 bits per heavy atom. The first-order chi connectivity index (χ1) is 23.7. The number of rotatable bonds is 10. The SMILES string of the molecule is CCOc1cc(C2C(C(=O)Nc3cc(C)ccc3C)C(=O)CC(C)(O)C2C(=O)Nc2cc(C)ccc2C)cc(Br)c1OCc1cccc(C)c1. The summed E-state index contributed by atoms with van der Waals surface area (Å²) in [5, 5.41) is 17.9. The van der Waals surface area contributed by atoms with E-state index < -0.39 is 41.0 Å². The lowest BCUT2D eigenvalue weighted by Crippen LogP contribution is -2.56. The number of halogens is 1. The molecule has 0 heterocycles. The molecule has 0 aromatic heterocycles. The Hall–Kier alpha value is -4.47. The molecule has 4 aromatic rings. The van der Waals surface area contributed by atoms with Crippen molar-refractivity contribution in [1.29, 1.82) is 0 Å². The Labute approximate surface area is 302 Å². The summed E-state index contributed by atoms with van der Waals surface area (Å²) in [6.45, 7) is 13.5. The van der Waals surface area contributed by atoms with Crippen LogP contribution in [0.25, 0.3) is 0 Å². The molecular weight excluding hydrogens is 696 g/mol. The zero-order valence-corrected chi connectivity index (χ0v) is 31.2. The molecule has 2 amide bonds. The first-order valence-corrected chi connectivity index (χ1v) is 17.6. The molecule has 8 nitrogen and oxygen atoms in total. The highest BCUT2D eigenvalue weighted by Crippen LogP contribution is 2.50. The van der Waals surface area contributed by atoms with E-state index in [0.717, 1.165) is 33.4 Å². The van der Waals surface area contributed by atoms with E-state index in [1.54, 1.807) is 12.1 Å². The maximum Gasteiger partial charge on any atom is 0.235 e. The first-order valence-electron chi connectivity index (χ1n) is 16.8. The van der Waals surface area contributed by atoms with Crippen LogP contribution in [0, 0.1) is 46.5 Å². The van der Waals surface area contributed by atoms with Gasteiger partial charge in [-0.2, -0.15) is 0 Å². The average Bonchev–Trinajstić information content (AvgIpc) is 3.03. The van der Waals surface area contributed by atoms with Crippen molar-refractivity contribution in [3.8, 4) is 11.5 Å². The summed E-state index contributed by atoms with van der Waals surface area (Å²) in [5.74, 6) is -4.26. The van der Waals surface area contributed by atoms with Crippen LogP contribution in [-0.4, -0.2) is 34.9 Å². The van der Waals surface area contributed by atoms with Gasteiger partial charge >= 0.3 is 0 Å². The Morgan fingerprint density at radius 1 is 0.840 bits per heavy atom. The number of anilines is 2. The molecule has 5 rings (SSSR count). The van der Waals surface area contributed by atoms with E-state index in [-0.39, 0.29) is 13.0 Å². The van der Waals surface area contributed by atoms with E-state index >= 15 is 0 Å². The predicted octanol–water partition coefficient (Wildman–Crippen LogP) is 8.29. The van der Waals surface area contributed by atoms with Gasteiger partial charge in [-0.05, 0) is 122 Å². The lowest BCUT2D eigenvalue weighted by molar-refractivity contribution is -0.150. The number of Topliss-reactive ketones (excluding diaryl/α,β-unsaturated/α-hetero) is 1. The van der Waals surface area contributed by atoms with Crippen LogP contribution in [0.3, 0.4) is 0 Å². The van der Waals surface area contributed by atoms with Crippen LogP contribution in [0.2, 0.25) is 0 Å². The Morgan fingerprint density at radius 2 is 1.44 bits per heavy atom. The summed E-state index contributed by atoms with van der Waals surface area (Å²) in [6, 6.07) is 22.9. The van der Waals surface area contributed by atoms with E-state index in [2.05, 4.69) is 26.6 Å². The second-order valence-electron chi connectivity index (χ2n) is 13.6. The fourth-order valence-electron chi connectivity index (χ4n) is 6.79. The van der Waals surface area contributed by atoms with Gasteiger partial charge in [0, 0.05) is 23.7 Å². The van der Waals surface area contributed by atoms with Gasteiger partial charge in [-0.15, -0.1) is 0 Å². The minimum absolute atomic E-state index is 0.276. The molecule has 9 heteroatoms. The van der Waals surface area contributed by atoms with Gasteiger partial charge in [0.25, 0.3) is 0 Å². The Bertz CT molecular complexity index is 1940. The molecule has 0 aliphatic heterocycles. The second kappa shape index (κ2) is 15.2. The van der Waals surface area contributed by atoms with Crippen molar-refractivity contribution in [3.63, 3.8) is 0 Å². The molecule has 262 valence electrons. The maximum absolute atomic E-state index is 14.4. The number of aliphatic hydroxyl groups is 1. The third-order valence-corrected chi connectivity index (χ3v) is 9.91. The van der Waals surface area contributed by atoms with E-state index in [4.69, 9.17) is 9.47 Å². The predicted molar refractivity (Wildman–Crippen MR) is 200 cm³/mol. The number of amides is 2. The van der Waals surface area contributed by atoms with Gasteiger partial charge < -0.3 is 25.2 Å². The quantitative estimate of drug-likeness (QED) is 0.141. The largest absolute Gasteiger partial charge is 0.490 e. The highest BCUT2D eigenvalue weighted by Gasteiger charge is 2.56. The topological polar surface area (TPSA) is 114 Å². The van der Waals surface area contributed by atoms with E-state index in [1.165, 1.54) is 6.92 Å². The third-order valence-electron chi connectivity index (χ3n) is 9.32. The zero-order valence-electron chi connectivity index (χ0n) is 29.6. The Kier molecular flexibility index (Phi) is 11.2. The fourth-order valence-corrected chi connectivity index (χ4v) is 7.37. The Balaban J connectivity index is 1.63. The van der Waals surface area contributed by atoms with Crippen molar-refractivity contribution < 1.29 is 29.0 Å². The van der Waals surface area contributed by atoms with Crippen molar-refractivity contribution in [2.45, 2.75) is 73.0 Å². The number of carbonyl (C=O) groups is 3. The van der Waals surface area contributed by atoms with Crippen LogP contribution in [0.1, 0.15) is 65.1 Å². The van der Waals surface area contributed by atoms with Crippen LogP contribution in [0.5, 0.6) is 11.5 Å². The van der Waals surface area contributed by atoms with Crippen LogP contribution in [0.4, 0.5) is 11.4 Å². The lowest BCUT2D eigenvalue weighted by atomic mass is 9.61. The van der Waals surface area contributed by atoms with Gasteiger partial charge in [0.15, 0.2) is 11.5 Å². The number of ether oxygens (including phenoxy) is 2. The molecule has 1 aliphatic carbocycles. The number of benzene rings is 4. The standard InChI is InChI=1S/C41H45BrN2O6/c1-8-49-34-20-29(19-30(42)38(34)50-22-28-11-9-10-23(2)16-28)35-36(39(46)43-31-17-24(3)12-14-26(31)5)33(45)21-41(7,48)37(35)40(47)44-32-18-25(4)13-15-27(32)6/h9-20,35-37,48H,8,21-22H2,1-7H3,(H,43,46)(H,44,47).